The van der Waals surface area contributed by atoms with Crippen LogP contribution in [0.15, 0.2) is 42.5 Å². The number of hydrogen-bond donors (Lipinski definition) is 1. The zero-order chi connectivity index (χ0) is 18.9. The summed E-state index contributed by atoms with van der Waals surface area (Å²) in [6, 6.07) is 13.3. The number of rotatable bonds is 4. The topological polar surface area (TPSA) is 58.6 Å². The second-order valence-electron chi connectivity index (χ2n) is 7.15. The zero-order valence-corrected chi connectivity index (χ0v) is 15.6. The van der Waals surface area contributed by atoms with Crippen molar-refractivity contribution in [2.75, 3.05) is 16.8 Å². The summed E-state index contributed by atoms with van der Waals surface area (Å²) in [6.07, 6.45) is 0.212. The molecule has 2 aromatic carbocycles. The molecule has 2 amide bonds. The molecule has 5 heteroatoms. The number of anilines is 2. The third kappa shape index (κ3) is 3.57. The number of nitrogens with one attached hydrogen (secondary N) is 1. The fourth-order valence-corrected chi connectivity index (χ4v) is 3.04. The molecule has 0 spiro atoms. The number of benzene rings is 2. The van der Waals surface area contributed by atoms with Gasteiger partial charge in [-0.05, 0) is 57.0 Å². The minimum absolute atomic E-state index is 0.117. The van der Waals surface area contributed by atoms with Gasteiger partial charge in [-0.3, -0.25) is 9.59 Å². The number of para-hydroxylation sites is 2. The van der Waals surface area contributed by atoms with Gasteiger partial charge in [0.1, 0.15) is 5.75 Å². The van der Waals surface area contributed by atoms with E-state index in [2.05, 4.69) is 5.32 Å². The quantitative estimate of drug-likeness (QED) is 0.910. The molecule has 1 N–H and O–H groups in total. The number of carbonyl (C=O) groups excluding carboxylic acids is 2. The summed E-state index contributed by atoms with van der Waals surface area (Å²) in [5, 5.41) is 2.94. The average Bonchev–Trinajstić information content (AvgIpc) is 2.58. The van der Waals surface area contributed by atoms with Gasteiger partial charge in [-0.15, -0.1) is 0 Å². The van der Waals surface area contributed by atoms with Crippen molar-refractivity contribution < 1.29 is 14.3 Å². The predicted molar refractivity (Wildman–Crippen MR) is 103 cm³/mol. The Morgan fingerprint density at radius 1 is 1.15 bits per heavy atom. The van der Waals surface area contributed by atoms with Crippen LogP contribution >= 0.6 is 0 Å². The summed E-state index contributed by atoms with van der Waals surface area (Å²) in [6.45, 7) is 7.74. The number of aryl methyl sites for hydroxylation is 2. The molecule has 5 nitrogen and oxygen atoms in total. The van der Waals surface area contributed by atoms with E-state index in [1.807, 2.05) is 56.3 Å². The Hall–Kier alpha value is -2.82. The van der Waals surface area contributed by atoms with Crippen molar-refractivity contribution in [1.82, 2.24) is 0 Å². The van der Waals surface area contributed by atoms with Crippen LogP contribution in [0.2, 0.25) is 0 Å². The Bertz CT molecular complexity index is 858. The minimum atomic E-state index is -0.946. The van der Waals surface area contributed by atoms with E-state index in [1.54, 1.807) is 18.7 Å². The van der Waals surface area contributed by atoms with Gasteiger partial charge in [0.15, 0.2) is 5.60 Å². The molecule has 1 heterocycles. The van der Waals surface area contributed by atoms with Crippen molar-refractivity contribution in [3.63, 3.8) is 0 Å². The van der Waals surface area contributed by atoms with Gasteiger partial charge in [0, 0.05) is 18.7 Å². The number of ether oxygens (including phenoxy) is 1. The van der Waals surface area contributed by atoms with Crippen LogP contribution in [-0.4, -0.2) is 24.0 Å². The number of amides is 2. The van der Waals surface area contributed by atoms with E-state index in [-0.39, 0.29) is 18.2 Å². The van der Waals surface area contributed by atoms with Crippen molar-refractivity contribution in [2.24, 2.45) is 0 Å². The third-order valence-electron chi connectivity index (χ3n) is 4.51. The van der Waals surface area contributed by atoms with E-state index in [0.29, 0.717) is 18.0 Å². The minimum Gasteiger partial charge on any atom is -0.476 e. The van der Waals surface area contributed by atoms with Gasteiger partial charge in [-0.25, -0.2) is 0 Å². The first-order valence-electron chi connectivity index (χ1n) is 8.75. The Morgan fingerprint density at radius 3 is 2.65 bits per heavy atom. The van der Waals surface area contributed by atoms with Gasteiger partial charge in [-0.2, -0.15) is 0 Å². The Balaban J connectivity index is 1.73. The summed E-state index contributed by atoms with van der Waals surface area (Å²) in [5.41, 5.74) is 2.67. The second-order valence-corrected chi connectivity index (χ2v) is 7.15. The van der Waals surface area contributed by atoms with Crippen LogP contribution in [0.25, 0.3) is 0 Å². The number of fused-ring (bicyclic) bond motifs is 1. The number of carbonyl (C=O) groups is 2. The molecule has 0 bridgehead atoms. The van der Waals surface area contributed by atoms with Crippen LogP contribution < -0.4 is 15.0 Å². The highest BCUT2D eigenvalue weighted by Crippen LogP contribution is 2.37. The third-order valence-corrected chi connectivity index (χ3v) is 4.51. The summed E-state index contributed by atoms with van der Waals surface area (Å²) in [7, 11) is 0. The SMILES string of the molecule is Cc1ccc(C)c(NC(=O)CCN2C(=O)C(C)(C)Oc3ccccc32)c1. The molecule has 1 aliphatic heterocycles. The smallest absolute Gasteiger partial charge is 0.270 e. The Kier molecular flexibility index (Phi) is 4.72. The molecule has 0 saturated heterocycles. The lowest BCUT2D eigenvalue weighted by molar-refractivity contribution is -0.132. The molecule has 0 aromatic heterocycles. The largest absolute Gasteiger partial charge is 0.476 e. The molecule has 0 unspecified atom stereocenters. The van der Waals surface area contributed by atoms with Crippen molar-refractivity contribution in [3.8, 4) is 5.75 Å². The van der Waals surface area contributed by atoms with Crippen LogP contribution in [0.5, 0.6) is 5.75 Å². The van der Waals surface area contributed by atoms with Crippen LogP contribution in [0.4, 0.5) is 11.4 Å². The maximum atomic E-state index is 12.7. The zero-order valence-electron chi connectivity index (χ0n) is 15.6. The van der Waals surface area contributed by atoms with Crippen LogP contribution in [0, 0.1) is 13.8 Å². The van der Waals surface area contributed by atoms with E-state index in [1.165, 1.54) is 0 Å². The molecule has 136 valence electrons. The number of hydrogen-bond acceptors (Lipinski definition) is 3. The average molecular weight is 352 g/mol. The van der Waals surface area contributed by atoms with Gasteiger partial charge in [0.25, 0.3) is 5.91 Å². The first kappa shape index (κ1) is 18.0. The maximum absolute atomic E-state index is 12.7. The van der Waals surface area contributed by atoms with E-state index >= 15 is 0 Å². The normalized spacial score (nSPS) is 15.2. The van der Waals surface area contributed by atoms with Gasteiger partial charge in [-0.1, -0.05) is 24.3 Å². The van der Waals surface area contributed by atoms with Crippen molar-refractivity contribution in [2.45, 2.75) is 39.7 Å². The lowest BCUT2D eigenvalue weighted by Gasteiger charge is -2.38. The van der Waals surface area contributed by atoms with Crippen molar-refractivity contribution in [1.29, 1.82) is 0 Å². The highest BCUT2D eigenvalue weighted by atomic mass is 16.5. The monoisotopic (exact) mass is 352 g/mol. The maximum Gasteiger partial charge on any atom is 0.270 e. The van der Waals surface area contributed by atoms with E-state index in [9.17, 15) is 9.59 Å². The molecular weight excluding hydrogens is 328 g/mol. The summed E-state index contributed by atoms with van der Waals surface area (Å²) in [4.78, 5) is 26.8. The Labute approximate surface area is 154 Å². The molecule has 26 heavy (non-hydrogen) atoms. The van der Waals surface area contributed by atoms with Crippen LogP contribution in [0.3, 0.4) is 0 Å². The standard InChI is InChI=1S/C21H24N2O3/c1-14-9-10-15(2)16(13-14)22-19(24)11-12-23-17-7-5-6-8-18(17)26-21(3,4)20(23)25/h5-10,13H,11-12H2,1-4H3,(H,22,24). The lowest BCUT2D eigenvalue weighted by Crippen LogP contribution is -2.53. The molecule has 2 aromatic rings. The molecule has 0 fully saturated rings. The molecule has 0 atom stereocenters. The van der Waals surface area contributed by atoms with Crippen LogP contribution in [0.1, 0.15) is 31.4 Å². The first-order chi connectivity index (χ1) is 12.3. The van der Waals surface area contributed by atoms with Gasteiger partial charge >= 0.3 is 0 Å². The second kappa shape index (κ2) is 6.83. The molecule has 0 aliphatic carbocycles. The predicted octanol–water partition coefficient (Wildman–Crippen LogP) is 3.84. The van der Waals surface area contributed by atoms with E-state index in [0.717, 1.165) is 16.8 Å². The first-order valence-corrected chi connectivity index (χ1v) is 8.75. The van der Waals surface area contributed by atoms with E-state index < -0.39 is 5.60 Å². The summed E-state index contributed by atoms with van der Waals surface area (Å²) >= 11 is 0. The Morgan fingerprint density at radius 2 is 1.88 bits per heavy atom. The highest BCUT2D eigenvalue weighted by molar-refractivity contribution is 6.03. The molecule has 0 saturated carbocycles. The van der Waals surface area contributed by atoms with Gasteiger partial charge in [0.2, 0.25) is 5.91 Å². The molecular formula is C21H24N2O3. The summed E-state index contributed by atoms with van der Waals surface area (Å²) < 4.78 is 5.80. The van der Waals surface area contributed by atoms with Crippen molar-refractivity contribution >= 4 is 23.2 Å². The highest BCUT2D eigenvalue weighted by Gasteiger charge is 2.40. The lowest BCUT2D eigenvalue weighted by atomic mass is 10.0. The summed E-state index contributed by atoms with van der Waals surface area (Å²) in [5.74, 6) is 0.399. The van der Waals surface area contributed by atoms with Gasteiger partial charge < -0.3 is 15.0 Å². The molecule has 3 rings (SSSR count). The molecule has 1 aliphatic rings. The van der Waals surface area contributed by atoms with E-state index in [4.69, 9.17) is 4.74 Å². The molecule has 0 radical (unpaired) electrons. The fraction of sp³-hybridized carbons (Fsp3) is 0.333. The number of nitrogens with zero attached hydrogens (tertiary/aromatic N) is 1. The van der Waals surface area contributed by atoms with Gasteiger partial charge in [0.05, 0.1) is 5.69 Å². The fourth-order valence-electron chi connectivity index (χ4n) is 3.04. The van der Waals surface area contributed by atoms with Crippen molar-refractivity contribution in [3.05, 3.63) is 53.6 Å². The van der Waals surface area contributed by atoms with Crippen LogP contribution in [-0.2, 0) is 9.59 Å².